The maximum Gasteiger partial charge on any atom is 0.0478 e. The first kappa shape index (κ1) is 9.69. The van der Waals surface area contributed by atoms with E-state index in [1.807, 2.05) is 11.3 Å². The van der Waals surface area contributed by atoms with E-state index < -0.39 is 0 Å². The van der Waals surface area contributed by atoms with Crippen LogP contribution in [0.15, 0.2) is 15.9 Å². The van der Waals surface area contributed by atoms with Crippen LogP contribution in [-0.4, -0.2) is 7.05 Å². The van der Waals surface area contributed by atoms with Gasteiger partial charge in [0, 0.05) is 15.4 Å². The van der Waals surface area contributed by atoms with Crippen molar-refractivity contribution in [2.45, 2.75) is 25.8 Å². The van der Waals surface area contributed by atoms with Crippen molar-refractivity contribution in [3.05, 3.63) is 20.8 Å². The first-order chi connectivity index (χ1) is 6.17. The van der Waals surface area contributed by atoms with Crippen molar-refractivity contribution in [1.82, 2.24) is 5.32 Å². The minimum atomic E-state index is 0.502. The number of hydrogen-bond donors (Lipinski definition) is 1. The van der Waals surface area contributed by atoms with Crippen molar-refractivity contribution in [2.75, 3.05) is 7.05 Å². The zero-order valence-corrected chi connectivity index (χ0v) is 10.3. The lowest BCUT2D eigenvalue weighted by Crippen LogP contribution is -2.23. The summed E-state index contributed by atoms with van der Waals surface area (Å²) in [5, 5.41) is 5.58. The Kier molecular flexibility index (Phi) is 2.51. The molecule has 13 heavy (non-hydrogen) atoms. The Bertz CT molecular complexity index is 304. The Morgan fingerprint density at radius 2 is 2.31 bits per heavy atom. The summed E-state index contributed by atoms with van der Waals surface area (Å²) in [5.74, 6) is 0. The van der Waals surface area contributed by atoms with Gasteiger partial charge in [0.2, 0.25) is 0 Å². The molecule has 1 saturated carbocycles. The van der Waals surface area contributed by atoms with Crippen LogP contribution in [0.5, 0.6) is 0 Å². The topological polar surface area (TPSA) is 12.0 Å². The fourth-order valence-electron chi connectivity index (χ4n) is 1.79. The Labute approximate surface area is 91.7 Å². The van der Waals surface area contributed by atoms with Crippen molar-refractivity contribution >= 4 is 27.3 Å². The molecule has 0 bridgehead atoms. The highest BCUT2D eigenvalue weighted by Crippen LogP contribution is 2.56. The van der Waals surface area contributed by atoms with Crippen LogP contribution in [0.2, 0.25) is 0 Å². The van der Waals surface area contributed by atoms with Gasteiger partial charge in [-0.1, -0.05) is 6.92 Å². The van der Waals surface area contributed by atoms with Gasteiger partial charge in [-0.3, -0.25) is 0 Å². The van der Waals surface area contributed by atoms with Gasteiger partial charge < -0.3 is 5.32 Å². The maximum atomic E-state index is 3.60. The summed E-state index contributed by atoms with van der Waals surface area (Å²) in [7, 11) is 2.06. The SMILES string of the molecule is CNC(c1sccc1Br)C1(C)CC1. The summed E-state index contributed by atoms with van der Waals surface area (Å²) in [6.45, 7) is 2.36. The summed E-state index contributed by atoms with van der Waals surface area (Å²) < 4.78 is 1.25. The number of halogens is 1. The molecular formula is C10H14BrNS. The van der Waals surface area contributed by atoms with Crippen molar-refractivity contribution < 1.29 is 0 Å². The highest BCUT2D eigenvalue weighted by atomic mass is 79.9. The minimum absolute atomic E-state index is 0.502. The Hall–Kier alpha value is 0.140. The predicted molar refractivity (Wildman–Crippen MR) is 61.2 cm³/mol. The number of thiophene rings is 1. The Morgan fingerprint density at radius 3 is 2.69 bits per heavy atom. The molecule has 0 aromatic carbocycles. The van der Waals surface area contributed by atoms with Gasteiger partial charge >= 0.3 is 0 Å². The van der Waals surface area contributed by atoms with Crippen LogP contribution in [0, 0.1) is 5.41 Å². The molecule has 1 fully saturated rings. The average Bonchev–Trinajstić information content (AvgIpc) is 2.69. The van der Waals surface area contributed by atoms with Gasteiger partial charge in [0.15, 0.2) is 0 Å². The quantitative estimate of drug-likeness (QED) is 0.876. The molecule has 72 valence electrons. The highest BCUT2D eigenvalue weighted by molar-refractivity contribution is 9.10. The molecule has 1 aliphatic carbocycles. The molecule has 0 radical (unpaired) electrons. The number of nitrogens with one attached hydrogen (secondary N) is 1. The lowest BCUT2D eigenvalue weighted by Gasteiger charge is -2.22. The summed E-state index contributed by atoms with van der Waals surface area (Å²) in [6.07, 6.45) is 2.70. The molecule has 0 aliphatic heterocycles. The van der Waals surface area contributed by atoms with E-state index in [0.29, 0.717) is 11.5 Å². The fraction of sp³-hybridized carbons (Fsp3) is 0.600. The third-order valence-corrected chi connectivity index (χ3v) is 4.87. The van der Waals surface area contributed by atoms with Crippen LogP contribution < -0.4 is 5.32 Å². The van der Waals surface area contributed by atoms with Crippen LogP contribution in [0.1, 0.15) is 30.7 Å². The second-order valence-electron chi connectivity index (χ2n) is 4.01. The first-order valence-corrected chi connectivity index (χ1v) is 6.25. The monoisotopic (exact) mass is 259 g/mol. The highest BCUT2D eigenvalue weighted by Gasteiger charge is 2.45. The molecule has 1 aromatic heterocycles. The second kappa shape index (κ2) is 3.37. The average molecular weight is 260 g/mol. The molecule has 1 N–H and O–H groups in total. The largest absolute Gasteiger partial charge is 0.312 e. The summed E-state index contributed by atoms with van der Waals surface area (Å²) in [4.78, 5) is 1.45. The normalized spacial score (nSPS) is 21.5. The van der Waals surface area contributed by atoms with Gasteiger partial charge in [0.1, 0.15) is 0 Å². The van der Waals surface area contributed by atoms with Gasteiger partial charge in [0.05, 0.1) is 0 Å². The number of hydrogen-bond acceptors (Lipinski definition) is 2. The van der Waals surface area contributed by atoms with Gasteiger partial charge in [-0.05, 0) is 52.7 Å². The van der Waals surface area contributed by atoms with E-state index in [9.17, 15) is 0 Å². The summed E-state index contributed by atoms with van der Waals surface area (Å²) in [6, 6.07) is 2.66. The zero-order valence-electron chi connectivity index (χ0n) is 7.93. The summed E-state index contributed by atoms with van der Waals surface area (Å²) in [5.41, 5.74) is 0.502. The van der Waals surface area contributed by atoms with Crippen LogP contribution >= 0.6 is 27.3 Å². The molecule has 1 heterocycles. The molecular weight excluding hydrogens is 246 g/mol. The van der Waals surface area contributed by atoms with Crippen molar-refractivity contribution in [1.29, 1.82) is 0 Å². The lowest BCUT2D eigenvalue weighted by molar-refractivity contribution is 0.395. The standard InChI is InChI=1S/C10H14BrNS/c1-10(4-5-10)9(12-2)8-7(11)3-6-13-8/h3,6,9,12H,4-5H2,1-2H3. The molecule has 1 aliphatic rings. The zero-order chi connectivity index (χ0) is 9.47. The van der Waals surface area contributed by atoms with E-state index in [1.165, 1.54) is 22.2 Å². The van der Waals surface area contributed by atoms with E-state index in [-0.39, 0.29) is 0 Å². The molecule has 1 unspecified atom stereocenters. The Balaban J connectivity index is 2.27. The third kappa shape index (κ3) is 1.69. The molecule has 0 spiro atoms. The van der Waals surface area contributed by atoms with Crippen LogP contribution in [0.3, 0.4) is 0 Å². The molecule has 0 amide bonds. The second-order valence-corrected chi connectivity index (χ2v) is 5.81. The van der Waals surface area contributed by atoms with Crippen LogP contribution in [0.4, 0.5) is 0 Å². The predicted octanol–water partition coefficient (Wildman–Crippen LogP) is 3.57. The molecule has 3 heteroatoms. The van der Waals surface area contributed by atoms with E-state index in [1.54, 1.807) is 0 Å². The number of rotatable bonds is 3. The van der Waals surface area contributed by atoms with Crippen molar-refractivity contribution in [3.8, 4) is 0 Å². The van der Waals surface area contributed by atoms with Crippen molar-refractivity contribution in [3.63, 3.8) is 0 Å². The molecule has 2 rings (SSSR count). The lowest BCUT2D eigenvalue weighted by atomic mass is 9.98. The van der Waals surface area contributed by atoms with Crippen LogP contribution in [-0.2, 0) is 0 Å². The van der Waals surface area contributed by atoms with Gasteiger partial charge in [-0.2, -0.15) is 0 Å². The van der Waals surface area contributed by atoms with E-state index in [2.05, 4.69) is 46.7 Å². The third-order valence-electron chi connectivity index (χ3n) is 2.93. The molecule has 1 nitrogen and oxygen atoms in total. The van der Waals surface area contributed by atoms with Gasteiger partial charge in [-0.25, -0.2) is 0 Å². The van der Waals surface area contributed by atoms with Gasteiger partial charge in [-0.15, -0.1) is 11.3 Å². The fourth-order valence-corrected chi connectivity index (χ4v) is 3.68. The van der Waals surface area contributed by atoms with Crippen molar-refractivity contribution in [2.24, 2.45) is 5.41 Å². The van der Waals surface area contributed by atoms with Gasteiger partial charge in [0.25, 0.3) is 0 Å². The first-order valence-electron chi connectivity index (χ1n) is 4.57. The maximum absolute atomic E-state index is 3.60. The van der Waals surface area contributed by atoms with E-state index >= 15 is 0 Å². The Morgan fingerprint density at radius 1 is 1.62 bits per heavy atom. The van der Waals surface area contributed by atoms with Crippen LogP contribution in [0.25, 0.3) is 0 Å². The minimum Gasteiger partial charge on any atom is -0.312 e. The molecule has 1 aromatic rings. The molecule has 1 atom stereocenters. The summed E-state index contributed by atoms with van der Waals surface area (Å²) >= 11 is 5.44. The van der Waals surface area contributed by atoms with E-state index in [4.69, 9.17) is 0 Å². The smallest absolute Gasteiger partial charge is 0.0478 e. The van der Waals surface area contributed by atoms with E-state index in [0.717, 1.165) is 0 Å². The molecule has 0 saturated heterocycles.